The molecular formula is C15H15FN2OS. The van der Waals surface area contributed by atoms with E-state index in [0.717, 1.165) is 24.8 Å². The van der Waals surface area contributed by atoms with E-state index >= 15 is 0 Å². The summed E-state index contributed by atoms with van der Waals surface area (Å²) >= 11 is 1.71. The third-order valence-electron chi connectivity index (χ3n) is 3.63. The molecule has 0 bridgehead atoms. The number of halogens is 1. The van der Waals surface area contributed by atoms with Gasteiger partial charge in [0.05, 0.1) is 11.6 Å². The van der Waals surface area contributed by atoms with Gasteiger partial charge in [0.1, 0.15) is 5.82 Å². The van der Waals surface area contributed by atoms with Crippen molar-refractivity contribution in [3.63, 3.8) is 0 Å². The maximum Gasteiger partial charge on any atom is 0.231 e. The van der Waals surface area contributed by atoms with Gasteiger partial charge >= 0.3 is 0 Å². The molecule has 0 saturated carbocycles. The number of carbonyl (C=O) groups is 1. The first kappa shape index (κ1) is 13.1. The van der Waals surface area contributed by atoms with Crippen molar-refractivity contribution in [1.29, 1.82) is 0 Å². The van der Waals surface area contributed by atoms with Gasteiger partial charge in [-0.15, -0.1) is 11.3 Å². The highest BCUT2D eigenvalue weighted by Crippen LogP contribution is 2.35. The summed E-state index contributed by atoms with van der Waals surface area (Å²) < 4.78 is 13.1. The number of carbonyl (C=O) groups excluding carboxylic acids is 1. The summed E-state index contributed by atoms with van der Waals surface area (Å²) in [6, 6.07) is 6.27. The van der Waals surface area contributed by atoms with Crippen LogP contribution in [0.5, 0.6) is 0 Å². The number of hydrogen-bond acceptors (Lipinski definition) is 3. The number of amides is 1. The van der Waals surface area contributed by atoms with E-state index in [4.69, 9.17) is 5.73 Å². The molecule has 1 aromatic carbocycles. The van der Waals surface area contributed by atoms with Crippen molar-refractivity contribution in [1.82, 2.24) is 0 Å². The van der Waals surface area contributed by atoms with E-state index in [9.17, 15) is 9.18 Å². The molecule has 1 unspecified atom stereocenters. The van der Waals surface area contributed by atoms with Crippen LogP contribution in [0.3, 0.4) is 0 Å². The highest BCUT2D eigenvalue weighted by molar-refractivity contribution is 7.10. The number of anilines is 2. The van der Waals surface area contributed by atoms with Crippen LogP contribution < -0.4 is 11.1 Å². The molecule has 5 heteroatoms. The summed E-state index contributed by atoms with van der Waals surface area (Å²) in [5, 5.41) is 4.86. The molecule has 2 aromatic rings. The van der Waals surface area contributed by atoms with E-state index in [0.29, 0.717) is 5.69 Å². The second-order valence-electron chi connectivity index (χ2n) is 4.97. The number of nitrogen functional groups attached to an aromatic ring is 1. The molecule has 1 heterocycles. The van der Waals surface area contributed by atoms with E-state index in [1.165, 1.54) is 23.1 Å². The van der Waals surface area contributed by atoms with Gasteiger partial charge in [-0.05, 0) is 54.5 Å². The second kappa shape index (κ2) is 5.25. The SMILES string of the molecule is Nc1cc(NC(=O)C2CCCc3sccc32)ccc1F. The maximum absolute atomic E-state index is 13.1. The summed E-state index contributed by atoms with van der Waals surface area (Å²) in [6.45, 7) is 0. The fourth-order valence-electron chi connectivity index (χ4n) is 2.61. The number of benzene rings is 1. The summed E-state index contributed by atoms with van der Waals surface area (Å²) in [5.74, 6) is -0.632. The first-order valence-electron chi connectivity index (χ1n) is 6.57. The summed E-state index contributed by atoms with van der Waals surface area (Å²) in [5.41, 5.74) is 7.23. The van der Waals surface area contributed by atoms with Gasteiger partial charge in [-0.1, -0.05) is 0 Å². The van der Waals surface area contributed by atoms with Gasteiger partial charge < -0.3 is 11.1 Å². The van der Waals surface area contributed by atoms with Gasteiger partial charge in [-0.25, -0.2) is 4.39 Å². The molecule has 0 spiro atoms. The zero-order chi connectivity index (χ0) is 14.1. The third-order valence-corrected chi connectivity index (χ3v) is 4.63. The Bertz CT molecular complexity index is 653. The van der Waals surface area contributed by atoms with Crippen LogP contribution in [-0.2, 0) is 11.2 Å². The minimum Gasteiger partial charge on any atom is -0.396 e. The molecular weight excluding hydrogens is 275 g/mol. The van der Waals surface area contributed by atoms with Gasteiger partial charge in [-0.3, -0.25) is 4.79 Å². The number of thiophene rings is 1. The Hall–Kier alpha value is -1.88. The van der Waals surface area contributed by atoms with Gasteiger partial charge in [0.25, 0.3) is 0 Å². The summed E-state index contributed by atoms with van der Waals surface area (Å²) in [4.78, 5) is 13.7. The molecule has 20 heavy (non-hydrogen) atoms. The van der Waals surface area contributed by atoms with Crippen molar-refractivity contribution in [2.24, 2.45) is 0 Å². The molecule has 0 fully saturated rings. The zero-order valence-corrected chi connectivity index (χ0v) is 11.7. The fraction of sp³-hybridized carbons (Fsp3) is 0.267. The topological polar surface area (TPSA) is 55.1 Å². The normalized spacial score (nSPS) is 17.6. The Kier molecular flexibility index (Phi) is 3.44. The van der Waals surface area contributed by atoms with Crippen molar-refractivity contribution in [3.05, 3.63) is 45.9 Å². The smallest absolute Gasteiger partial charge is 0.231 e. The molecule has 3 nitrogen and oxygen atoms in total. The number of nitrogens with one attached hydrogen (secondary N) is 1. The lowest BCUT2D eigenvalue weighted by Gasteiger charge is -2.21. The van der Waals surface area contributed by atoms with Crippen LogP contribution in [0.1, 0.15) is 29.2 Å². The van der Waals surface area contributed by atoms with Crippen molar-refractivity contribution in [2.75, 3.05) is 11.1 Å². The van der Waals surface area contributed by atoms with Crippen LogP contribution in [0.4, 0.5) is 15.8 Å². The molecule has 0 radical (unpaired) electrons. The van der Waals surface area contributed by atoms with Gasteiger partial charge in [-0.2, -0.15) is 0 Å². The van der Waals surface area contributed by atoms with Crippen molar-refractivity contribution < 1.29 is 9.18 Å². The van der Waals surface area contributed by atoms with Gasteiger partial charge in [0, 0.05) is 10.6 Å². The van der Waals surface area contributed by atoms with Crippen LogP contribution in [0.2, 0.25) is 0 Å². The summed E-state index contributed by atoms with van der Waals surface area (Å²) in [7, 11) is 0. The maximum atomic E-state index is 13.1. The summed E-state index contributed by atoms with van der Waals surface area (Å²) in [6.07, 6.45) is 2.93. The first-order valence-corrected chi connectivity index (χ1v) is 7.45. The predicted octanol–water partition coefficient (Wildman–Crippen LogP) is 3.53. The lowest BCUT2D eigenvalue weighted by Crippen LogP contribution is -2.23. The molecule has 1 atom stereocenters. The number of hydrogen-bond donors (Lipinski definition) is 2. The molecule has 1 aliphatic carbocycles. The number of rotatable bonds is 2. The number of nitrogens with two attached hydrogens (primary N) is 1. The highest BCUT2D eigenvalue weighted by Gasteiger charge is 2.27. The Morgan fingerprint density at radius 2 is 2.25 bits per heavy atom. The Labute approximate surface area is 120 Å². The minimum absolute atomic E-state index is 0.0441. The molecule has 104 valence electrons. The zero-order valence-electron chi connectivity index (χ0n) is 10.9. The van der Waals surface area contributed by atoms with E-state index < -0.39 is 5.82 Å². The van der Waals surface area contributed by atoms with Crippen LogP contribution in [0.15, 0.2) is 29.6 Å². The third kappa shape index (κ3) is 2.41. The molecule has 1 aromatic heterocycles. The van der Waals surface area contributed by atoms with Crippen LogP contribution in [-0.4, -0.2) is 5.91 Å². The molecule has 1 aliphatic rings. The standard InChI is InChI=1S/C15H15FN2OS/c16-12-5-4-9(8-13(12)17)18-15(19)11-2-1-3-14-10(11)6-7-20-14/h4-8,11H,1-3,17H2,(H,18,19). The largest absolute Gasteiger partial charge is 0.396 e. The lowest BCUT2D eigenvalue weighted by atomic mass is 9.87. The van der Waals surface area contributed by atoms with Crippen molar-refractivity contribution in [2.45, 2.75) is 25.2 Å². The van der Waals surface area contributed by atoms with Crippen LogP contribution >= 0.6 is 11.3 Å². The van der Waals surface area contributed by atoms with Crippen molar-refractivity contribution >= 4 is 28.6 Å². The number of aryl methyl sites for hydroxylation is 1. The Morgan fingerprint density at radius 1 is 1.40 bits per heavy atom. The van der Waals surface area contributed by atoms with E-state index in [-0.39, 0.29) is 17.5 Å². The molecule has 3 N–H and O–H groups in total. The lowest BCUT2D eigenvalue weighted by molar-refractivity contribution is -0.117. The fourth-order valence-corrected chi connectivity index (χ4v) is 3.60. The molecule has 3 rings (SSSR count). The second-order valence-corrected chi connectivity index (χ2v) is 5.97. The number of fused-ring (bicyclic) bond motifs is 1. The van der Waals surface area contributed by atoms with Gasteiger partial charge in [0.2, 0.25) is 5.91 Å². The van der Waals surface area contributed by atoms with E-state index in [1.807, 2.05) is 11.4 Å². The average molecular weight is 290 g/mol. The van der Waals surface area contributed by atoms with Gasteiger partial charge in [0.15, 0.2) is 0 Å². The Balaban J connectivity index is 1.79. The molecule has 0 saturated heterocycles. The van der Waals surface area contributed by atoms with Crippen LogP contribution in [0, 0.1) is 5.82 Å². The highest BCUT2D eigenvalue weighted by atomic mass is 32.1. The van der Waals surface area contributed by atoms with Crippen molar-refractivity contribution in [3.8, 4) is 0 Å². The minimum atomic E-state index is -0.471. The van der Waals surface area contributed by atoms with Crippen LogP contribution in [0.25, 0.3) is 0 Å². The quantitative estimate of drug-likeness (QED) is 0.831. The molecule has 0 aliphatic heterocycles. The Morgan fingerprint density at radius 3 is 3.05 bits per heavy atom. The monoisotopic (exact) mass is 290 g/mol. The average Bonchev–Trinajstić information content (AvgIpc) is 2.91. The van der Waals surface area contributed by atoms with E-state index in [1.54, 1.807) is 11.3 Å². The van der Waals surface area contributed by atoms with E-state index in [2.05, 4.69) is 5.32 Å². The molecule has 1 amide bonds. The first-order chi connectivity index (χ1) is 9.65. The predicted molar refractivity (Wildman–Crippen MR) is 79.4 cm³/mol.